The molecule has 2 aromatic rings. The van der Waals surface area contributed by atoms with Gasteiger partial charge in [0.25, 0.3) is 0 Å². The van der Waals surface area contributed by atoms with Crippen LogP contribution >= 0.6 is 0 Å². The van der Waals surface area contributed by atoms with E-state index in [-0.39, 0.29) is 18.9 Å². The van der Waals surface area contributed by atoms with E-state index in [1.165, 1.54) is 4.90 Å². The number of carbonyl (C=O) groups is 2. The molecule has 0 radical (unpaired) electrons. The lowest BCUT2D eigenvalue weighted by molar-refractivity contribution is -0.125. The number of carbonyl (C=O) groups excluding carboxylic acids is 2. The Bertz CT molecular complexity index is 1270. The van der Waals surface area contributed by atoms with Crippen molar-refractivity contribution in [1.82, 2.24) is 20.2 Å². The van der Waals surface area contributed by atoms with Crippen LogP contribution in [0.1, 0.15) is 64.5 Å². The van der Waals surface area contributed by atoms with E-state index in [1.807, 2.05) is 0 Å². The molecule has 2 amide bonds. The van der Waals surface area contributed by atoms with Crippen LogP contribution in [0.4, 0.5) is 22.2 Å². The number of unbranched alkanes of at least 4 members (excludes halogenated alkanes) is 1. The van der Waals surface area contributed by atoms with Crippen LogP contribution in [0.25, 0.3) is 0 Å². The predicted molar refractivity (Wildman–Crippen MR) is 152 cm³/mol. The number of aliphatic hydroxyl groups excluding tert-OH is 1. The lowest BCUT2D eigenvalue weighted by atomic mass is 10.2. The number of aliphatic hydroxyl groups is 1. The van der Waals surface area contributed by atoms with Crippen LogP contribution < -0.4 is 16.0 Å². The van der Waals surface area contributed by atoms with Gasteiger partial charge in [0.05, 0.1) is 36.0 Å². The molecule has 0 spiro atoms. The van der Waals surface area contributed by atoms with E-state index in [9.17, 15) is 14.7 Å². The summed E-state index contributed by atoms with van der Waals surface area (Å²) in [5, 5.41) is 28.2. The number of hydrogen-bond donors (Lipinski definition) is 4. The number of anilines is 3. The summed E-state index contributed by atoms with van der Waals surface area (Å²) in [7, 11) is 0. The zero-order valence-electron chi connectivity index (χ0n) is 23.5. The fraction of sp³-hybridized carbons (Fsp3) is 0.483. The number of likely N-dealkylation sites (tertiary alicyclic amines) is 1. The molecule has 0 bridgehead atoms. The number of nitrogens with one attached hydrogen (secondary N) is 3. The van der Waals surface area contributed by atoms with Crippen molar-refractivity contribution < 1.29 is 19.4 Å². The standard InChI is InChI=1S/C29H37N7O4/c1-5-14-31-25-21(18-33-27(35-25)34-22-12-10-20(17-30)11-13-22)9-7-6-8-15-32-26(38)24-16-23(37)19-36(24)28(39)40-29(2,3)4/h10-13,18,23-24,37H,5-6,8,14-16,19H2,1-4H3,(H,32,38)(H2,31,33,34,35)/t23-,24+/m1/s1. The number of ether oxygens (including phenoxy) is 1. The van der Waals surface area contributed by atoms with Crippen molar-refractivity contribution in [2.24, 2.45) is 0 Å². The Morgan fingerprint density at radius 1 is 1.23 bits per heavy atom. The summed E-state index contributed by atoms with van der Waals surface area (Å²) in [6.45, 7) is 8.50. The Balaban J connectivity index is 1.53. The first kappa shape index (κ1) is 30.2. The van der Waals surface area contributed by atoms with Gasteiger partial charge in [-0.2, -0.15) is 10.2 Å². The number of amides is 2. The maximum Gasteiger partial charge on any atom is 0.411 e. The van der Waals surface area contributed by atoms with Crippen LogP contribution in [0.2, 0.25) is 0 Å². The monoisotopic (exact) mass is 547 g/mol. The largest absolute Gasteiger partial charge is 0.444 e. The summed E-state index contributed by atoms with van der Waals surface area (Å²) in [5.74, 6) is 6.92. The molecule has 1 aromatic carbocycles. The normalized spacial score (nSPS) is 16.4. The average molecular weight is 548 g/mol. The number of rotatable bonds is 9. The number of aromatic nitrogens is 2. The average Bonchev–Trinajstić information content (AvgIpc) is 3.31. The molecule has 11 heteroatoms. The van der Waals surface area contributed by atoms with E-state index < -0.39 is 23.8 Å². The first-order chi connectivity index (χ1) is 19.1. The molecule has 1 saturated heterocycles. The predicted octanol–water partition coefficient (Wildman–Crippen LogP) is 3.53. The number of nitrogens with zero attached hydrogens (tertiary/aromatic N) is 4. The third kappa shape index (κ3) is 9.14. The molecule has 1 aliphatic rings. The SMILES string of the molecule is CCCNc1nc(Nc2ccc(C#N)cc2)ncc1C#CCCCNC(=O)[C@@H]1C[C@@H](O)CN1C(=O)OC(C)(C)C. The summed E-state index contributed by atoms with van der Waals surface area (Å²) >= 11 is 0. The number of benzene rings is 1. The Kier molecular flexibility index (Phi) is 10.7. The summed E-state index contributed by atoms with van der Waals surface area (Å²) in [6.07, 6.45) is 2.51. The van der Waals surface area contributed by atoms with Crippen LogP contribution in [0.3, 0.4) is 0 Å². The topological polar surface area (TPSA) is 152 Å². The molecule has 2 atom stereocenters. The molecule has 40 heavy (non-hydrogen) atoms. The Hall–Kier alpha value is -4.35. The van der Waals surface area contributed by atoms with Gasteiger partial charge in [-0.1, -0.05) is 18.8 Å². The molecule has 212 valence electrons. The third-order valence-corrected chi connectivity index (χ3v) is 5.81. The van der Waals surface area contributed by atoms with Crippen molar-refractivity contribution in [2.75, 3.05) is 30.3 Å². The Morgan fingerprint density at radius 3 is 2.65 bits per heavy atom. The summed E-state index contributed by atoms with van der Waals surface area (Å²) in [4.78, 5) is 35.4. The van der Waals surface area contributed by atoms with E-state index in [0.29, 0.717) is 42.3 Å². The molecule has 11 nitrogen and oxygen atoms in total. The summed E-state index contributed by atoms with van der Waals surface area (Å²) < 4.78 is 5.38. The Morgan fingerprint density at radius 2 is 1.98 bits per heavy atom. The molecule has 3 rings (SSSR count). The zero-order valence-corrected chi connectivity index (χ0v) is 23.5. The zero-order chi connectivity index (χ0) is 29.1. The molecule has 2 heterocycles. The smallest absolute Gasteiger partial charge is 0.411 e. The quantitative estimate of drug-likeness (QED) is 0.273. The van der Waals surface area contributed by atoms with Gasteiger partial charge in [0, 0.05) is 31.6 Å². The van der Waals surface area contributed by atoms with Gasteiger partial charge in [-0.15, -0.1) is 0 Å². The molecular weight excluding hydrogens is 510 g/mol. The highest BCUT2D eigenvalue weighted by Crippen LogP contribution is 2.22. The van der Waals surface area contributed by atoms with E-state index in [2.05, 4.69) is 50.8 Å². The van der Waals surface area contributed by atoms with Gasteiger partial charge < -0.3 is 25.8 Å². The second kappa shape index (κ2) is 14.2. The van der Waals surface area contributed by atoms with Gasteiger partial charge in [-0.25, -0.2) is 9.78 Å². The molecule has 1 aromatic heterocycles. The van der Waals surface area contributed by atoms with Crippen molar-refractivity contribution in [1.29, 1.82) is 5.26 Å². The maximum atomic E-state index is 12.7. The number of hydrogen-bond acceptors (Lipinski definition) is 9. The van der Waals surface area contributed by atoms with Gasteiger partial charge in [0.2, 0.25) is 11.9 Å². The van der Waals surface area contributed by atoms with Gasteiger partial charge in [0.1, 0.15) is 17.5 Å². The van der Waals surface area contributed by atoms with Crippen molar-refractivity contribution in [3.05, 3.63) is 41.6 Å². The highest BCUT2D eigenvalue weighted by atomic mass is 16.6. The second-order valence-electron chi connectivity index (χ2n) is 10.4. The van der Waals surface area contributed by atoms with Crippen LogP contribution in [0, 0.1) is 23.2 Å². The molecular formula is C29H37N7O4. The molecule has 0 unspecified atom stereocenters. The number of β-amino-alcohol motifs (C(OH)–C–C–N with tert-alkyl or cyclic N) is 1. The van der Waals surface area contributed by atoms with Crippen molar-refractivity contribution in [2.45, 2.75) is 71.1 Å². The van der Waals surface area contributed by atoms with Crippen LogP contribution in [0.5, 0.6) is 0 Å². The van der Waals surface area contributed by atoms with Crippen molar-refractivity contribution >= 4 is 29.5 Å². The fourth-order valence-corrected chi connectivity index (χ4v) is 3.92. The molecule has 1 fully saturated rings. The highest BCUT2D eigenvalue weighted by Gasteiger charge is 2.40. The van der Waals surface area contributed by atoms with Gasteiger partial charge in [0.15, 0.2) is 0 Å². The minimum Gasteiger partial charge on any atom is -0.444 e. The van der Waals surface area contributed by atoms with Gasteiger partial charge in [-0.05, 0) is 57.9 Å². The molecule has 4 N–H and O–H groups in total. The lowest BCUT2D eigenvalue weighted by Gasteiger charge is -2.27. The first-order valence-electron chi connectivity index (χ1n) is 13.4. The molecule has 0 aliphatic carbocycles. The van der Waals surface area contributed by atoms with Crippen molar-refractivity contribution in [3.8, 4) is 17.9 Å². The summed E-state index contributed by atoms with van der Waals surface area (Å²) in [6, 6.07) is 8.34. The van der Waals surface area contributed by atoms with Gasteiger partial charge >= 0.3 is 6.09 Å². The first-order valence-corrected chi connectivity index (χ1v) is 13.4. The lowest BCUT2D eigenvalue weighted by Crippen LogP contribution is -2.47. The fourth-order valence-electron chi connectivity index (χ4n) is 3.92. The summed E-state index contributed by atoms with van der Waals surface area (Å²) in [5.41, 5.74) is 1.31. The minimum atomic E-state index is -0.767. The van der Waals surface area contributed by atoms with E-state index in [4.69, 9.17) is 10.00 Å². The van der Waals surface area contributed by atoms with E-state index in [1.54, 1.807) is 51.2 Å². The minimum absolute atomic E-state index is 0.0662. The third-order valence-electron chi connectivity index (χ3n) is 5.81. The highest BCUT2D eigenvalue weighted by molar-refractivity contribution is 5.86. The van der Waals surface area contributed by atoms with Crippen LogP contribution in [0.15, 0.2) is 30.5 Å². The Labute approximate surface area is 235 Å². The maximum absolute atomic E-state index is 12.7. The van der Waals surface area contributed by atoms with E-state index >= 15 is 0 Å². The second-order valence-corrected chi connectivity index (χ2v) is 10.4. The van der Waals surface area contributed by atoms with Crippen LogP contribution in [-0.4, -0.2) is 69.4 Å². The molecule has 1 aliphatic heterocycles. The van der Waals surface area contributed by atoms with Crippen molar-refractivity contribution in [3.63, 3.8) is 0 Å². The molecule has 0 saturated carbocycles. The van der Waals surface area contributed by atoms with E-state index in [0.717, 1.165) is 18.7 Å². The number of nitriles is 1. The van der Waals surface area contributed by atoms with Crippen LogP contribution in [-0.2, 0) is 9.53 Å². The van der Waals surface area contributed by atoms with Gasteiger partial charge in [-0.3, -0.25) is 9.69 Å².